The molecule has 0 saturated heterocycles. The number of amides is 2. The van der Waals surface area contributed by atoms with Gasteiger partial charge in [0, 0.05) is 16.8 Å². The average Bonchev–Trinajstić information content (AvgIpc) is 3.32. The van der Waals surface area contributed by atoms with Crippen LogP contribution in [0.15, 0.2) is 60.7 Å². The van der Waals surface area contributed by atoms with Gasteiger partial charge in [0.2, 0.25) is 6.79 Å². The third-order valence-electron chi connectivity index (χ3n) is 4.93. The van der Waals surface area contributed by atoms with Gasteiger partial charge in [0.1, 0.15) is 5.75 Å². The first-order valence-electron chi connectivity index (χ1n) is 10.5. The minimum atomic E-state index is -0.721. The molecule has 2 N–H and O–H groups in total. The van der Waals surface area contributed by atoms with Crippen molar-refractivity contribution in [1.82, 2.24) is 0 Å². The van der Waals surface area contributed by atoms with Gasteiger partial charge in [-0.25, -0.2) is 4.79 Å². The molecule has 0 aromatic heterocycles. The predicted molar refractivity (Wildman–Crippen MR) is 128 cm³/mol. The molecule has 1 aliphatic rings. The molecule has 3 aromatic carbocycles. The highest BCUT2D eigenvalue weighted by atomic mass is 35.5. The highest BCUT2D eigenvalue weighted by molar-refractivity contribution is 6.31. The second kappa shape index (κ2) is 10.8. The van der Waals surface area contributed by atoms with E-state index < -0.39 is 24.4 Å². The number of hydrogen-bond acceptors (Lipinski definition) is 7. The van der Waals surface area contributed by atoms with E-state index in [4.69, 9.17) is 30.5 Å². The summed E-state index contributed by atoms with van der Waals surface area (Å²) in [7, 11) is 0. The fourth-order valence-electron chi connectivity index (χ4n) is 3.19. The lowest BCUT2D eigenvalue weighted by atomic mass is 10.1. The van der Waals surface area contributed by atoms with Crippen LogP contribution >= 0.6 is 11.6 Å². The van der Waals surface area contributed by atoms with Crippen molar-refractivity contribution in [2.75, 3.05) is 30.6 Å². The second-order valence-electron chi connectivity index (χ2n) is 7.48. The van der Waals surface area contributed by atoms with Gasteiger partial charge in [-0.3, -0.25) is 9.59 Å². The van der Waals surface area contributed by atoms with E-state index in [0.717, 1.165) is 5.56 Å². The molecule has 0 spiro atoms. The smallest absolute Gasteiger partial charge is 0.344 e. The van der Waals surface area contributed by atoms with Crippen LogP contribution in [-0.4, -0.2) is 37.8 Å². The normalized spacial score (nSPS) is 11.5. The average molecular weight is 497 g/mol. The van der Waals surface area contributed by atoms with Crippen LogP contribution in [0.5, 0.6) is 17.2 Å². The maximum Gasteiger partial charge on any atom is 0.344 e. The third-order valence-corrected chi connectivity index (χ3v) is 5.35. The number of benzene rings is 3. The van der Waals surface area contributed by atoms with Crippen molar-refractivity contribution in [1.29, 1.82) is 0 Å². The summed E-state index contributed by atoms with van der Waals surface area (Å²) < 4.78 is 20.9. The van der Waals surface area contributed by atoms with Crippen molar-refractivity contribution in [2.24, 2.45) is 0 Å². The molecular formula is C25H21ClN2O7. The molecule has 0 saturated carbocycles. The van der Waals surface area contributed by atoms with Crippen LogP contribution < -0.4 is 24.8 Å². The Balaban J connectivity index is 1.29. The van der Waals surface area contributed by atoms with Crippen LogP contribution in [0, 0.1) is 6.92 Å². The molecule has 3 aromatic rings. The fraction of sp³-hybridized carbons (Fsp3) is 0.160. The summed E-state index contributed by atoms with van der Waals surface area (Å²) in [4.78, 5) is 37.1. The SMILES string of the molecule is Cc1cc(OCC(=O)OCC(=O)Nc2ccccc2C(=O)Nc2ccc3c(c2)OCO3)ccc1Cl. The Bertz CT molecular complexity index is 1280. The first-order valence-corrected chi connectivity index (χ1v) is 10.9. The third kappa shape index (κ3) is 6.21. The fourth-order valence-corrected chi connectivity index (χ4v) is 3.30. The summed E-state index contributed by atoms with van der Waals surface area (Å²) in [5.41, 5.74) is 1.80. The molecule has 180 valence electrons. The standard InChI is InChI=1S/C25H21ClN2O7/c1-15-10-17(7-8-19(15)26)32-13-24(30)33-12-23(29)28-20-5-3-2-4-18(20)25(31)27-16-6-9-21-22(11-16)35-14-34-21/h2-11H,12-14H2,1H3,(H,27,31)(H,28,29). The van der Waals surface area contributed by atoms with Gasteiger partial charge < -0.3 is 29.6 Å². The van der Waals surface area contributed by atoms with Crippen molar-refractivity contribution in [3.05, 3.63) is 76.8 Å². The zero-order valence-electron chi connectivity index (χ0n) is 18.6. The van der Waals surface area contributed by atoms with E-state index in [2.05, 4.69) is 10.6 Å². The zero-order valence-corrected chi connectivity index (χ0v) is 19.4. The van der Waals surface area contributed by atoms with Gasteiger partial charge in [-0.1, -0.05) is 23.7 Å². The molecule has 4 rings (SSSR count). The van der Waals surface area contributed by atoms with Crippen LogP contribution in [0.4, 0.5) is 11.4 Å². The zero-order chi connectivity index (χ0) is 24.8. The lowest BCUT2D eigenvalue weighted by Crippen LogP contribution is -2.25. The van der Waals surface area contributed by atoms with Crippen molar-refractivity contribution in [3.8, 4) is 17.2 Å². The van der Waals surface area contributed by atoms with E-state index in [-0.39, 0.29) is 24.7 Å². The van der Waals surface area contributed by atoms with Crippen LogP contribution in [0.3, 0.4) is 0 Å². The molecule has 35 heavy (non-hydrogen) atoms. The number of aryl methyl sites for hydroxylation is 1. The van der Waals surface area contributed by atoms with E-state index in [1.807, 2.05) is 6.92 Å². The van der Waals surface area contributed by atoms with Gasteiger partial charge in [-0.15, -0.1) is 0 Å². The number of ether oxygens (including phenoxy) is 4. The molecular weight excluding hydrogens is 476 g/mol. The summed E-state index contributed by atoms with van der Waals surface area (Å²) in [5.74, 6) is -0.190. The predicted octanol–water partition coefficient (Wildman–Crippen LogP) is 4.19. The Kier molecular flexibility index (Phi) is 7.37. The highest BCUT2D eigenvalue weighted by Gasteiger charge is 2.17. The molecule has 1 aliphatic heterocycles. The Hall–Kier alpha value is -4.24. The topological polar surface area (TPSA) is 112 Å². The quantitative estimate of drug-likeness (QED) is 0.450. The lowest BCUT2D eigenvalue weighted by Gasteiger charge is -2.12. The summed E-state index contributed by atoms with van der Waals surface area (Å²) in [5, 5.41) is 5.92. The summed E-state index contributed by atoms with van der Waals surface area (Å²) in [6, 6.07) is 16.5. The number of para-hydroxylation sites is 1. The minimum absolute atomic E-state index is 0.124. The number of halogens is 1. The molecule has 2 amide bonds. The maximum atomic E-state index is 12.8. The Morgan fingerprint density at radius 3 is 2.57 bits per heavy atom. The van der Waals surface area contributed by atoms with Crippen molar-refractivity contribution in [3.63, 3.8) is 0 Å². The first-order chi connectivity index (χ1) is 16.9. The van der Waals surface area contributed by atoms with E-state index in [0.29, 0.717) is 28.0 Å². The van der Waals surface area contributed by atoms with E-state index in [9.17, 15) is 14.4 Å². The molecule has 1 heterocycles. The Morgan fingerprint density at radius 2 is 1.74 bits per heavy atom. The highest BCUT2D eigenvalue weighted by Crippen LogP contribution is 2.34. The molecule has 0 bridgehead atoms. The number of anilines is 2. The number of hydrogen-bond donors (Lipinski definition) is 2. The van der Waals surface area contributed by atoms with Crippen molar-refractivity contribution >= 4 is 40.8 Å². The lowest BCUT2D eigenvalue weighted by molar-refractivity contribution is -0.149. The van der Waals surface area contributed by atoms with Gasteiger partial charge >= 0.3 is 5.97 Å². The van der Waals surface area contributed by atoms with Gasteiger partial charge in [-0.2, -0.15) is 0 Å². The Labute approximate surface area is 205 Å². The van der Waals surface area contributed by atoms with Crippen LogP contribution in [0.1, 0.15) is 15.9 Å². The minimum Gasteiger partial charge on any atom is -0.482 e. The summed E-state index contributed by atoms with van der Waals surface area (Å²) in [6.07, 6.45) is 0. The molecule has 9 nitrogen and oxygen atoms in total. The number of esters is 1. The Morgan fingerprint density at radius 1 is 0.943 bits per heavy atom. The summed E-state index contributed by atoms with van der Waals surface area (Å²) in [6.45, 7) is 1.02. The van der Waals surface area contributed by atoms with Gasteiger partial charge in [-0.05, 0) is 55.0 Å². The maximum absolute atomic E-state index is 12.8. The van der Waals surface area contributed by atoms with E-state index in [1.54, 1.807) is 60.7 Å². The molecule has 10 heteroatoms. The number of nitrogens with one attached hydrogen (secondary N) is 2. The summed E-state index contributed by atoms with van der Waals surface area (Å²) >= 11 is 5.96. The number of rotatable bonds is 8. The van der Waals surface area contributed by atoms with Gasteiger partial charge in [0.15, 0.2) is 24.7 Å². The van der Waals surface area contributed by atoms with Crippen LogP contribution in [0.2, 0.25) is 5.02 Å². The van der Waals surface area contributed by atoms with Crippen LogP contribution in [0.25, 0.3) is 0 Å². The number of carbonyl (C=O) groups excluding carboxylic acids is 3. The van der Waals surface area contributed by atoms with E-state index >= 15 is 0 Å². The van der Waals surface area contributed by atoms with Crippen LogP contribution in [-0.2, 0) is 14.3 Å². The molecule has 0 atom stereocenters. The molecule has 0 unspecified atom stereocenters. The monoisotopic (exact) mass is 496 g/mol. The number of fused-ring (bicyclic) bond motifs is 1. The first kappa shape index (κ1) is 23.9. The van der Waals surface area contributed by atoms with Gasteiger partial charge in [0.05, 0.1) is 11.3 Å². The van der Waals surface area contributed by atoms with Crippen molar-refractivity contribution < 1.29 is 33.3 Å². The van der Waals surface area contributed by atoms with Gasteiger partial charge in [0.25, 0.3) is 11.8 Å². The molecule has 0 fully saturated rings. The van der Waals surface area contributed by atoms with Crippen molar-refractivity contribution in [2.45, 2.75) is 6.92 Å². The number of carbonyl (C=O) groups is 3. The largest absolute Gasteiger partial charge is 0.482 e. The molecule has 0 aliphatic carbocycles. The second-order valence-corrected chi connectivity index (χ2v) is 7.88. The van der Waals surface area contributed by atoms with E-state index in [1.165, 1.54) is 0 Å². The molecule has 0 radical (unpaired) electrons.